The van der Waals surface area contributed by atoms with Gasteiger partial charge in [-0.15, -0.1) is 0 Å². The summed E-state index contributed by atoms with van der Waals surface area (Å²) in [6, 6.07) is 8.87. The molecule has 1 aromatic carbocycles. The molecule has 0 amide bonds. The fraction of sp³-hybridized carbons (Fsp3) is 0.300. The van der Waals surface area contributed by atoms with Crippen molar-refractivity contribution in [2.75, 3.05) is 7.11 Å². The van der Waals surface area contributed by atoms with Crippen LogP contribution >= 0.6 is 8.38 Å². The van der Waals surface area contributed by atoms with Gasteiger partial charge in [-0.3, -0.25) is 4.79 Å². The van der Waals surface area contributed by atoms with Crippen molar-refractivity contribution in [2.45, 2.75) is 12.6 Å². The maximum Gasteiger partial charge on any atom is 0.318 e. The quantitative estimate of drug-likeness (QED) is 0.632. The van der Waals surface area contributed by atoms with Crippen LogP contribution in [0.5, 0.6) is 5.75 Å². The first-order valence-electron chi connectivity index (χ1n) is 4.44. The maximum atomic E-state index is 11.1. The SMILES string of the molecule is COC(=O)C(C)P(O)Oc1ccccc1. The van der Waals surface area contributed by atoms with Gasteiger partial charge in [0, 0.05) is 0 Å². The average molecular weight is 228 g/mol. The van der Waals surface area contributed by atoms with E-state index in [1.54, 1.807) is 31.2 Å². The number of benzene rings is 1. The molecule has 15 heavy (non-hydrogen) atoms. The van der Waals surface area contributed by atoms with Gasteiger partial charge in [-0.25, -0.2) is 0 Å². The first-order valence-corrected chi connectivity index (χ1v) is 5.72. The van der Waals surface area contributed by atoms with E-state index in [-0.39, 0.29) is 0 Å². The molecule has 0 radical (unpaired) electrons. The normalized spacial score (nSPS) is 14.1. The minimum atomic E-state index is -1.84. The molecule has 0 aliphatic carbocycles. The van der Waals surface area contributed by atoms with Crippen LogP contribution in [0.15, 0.2) is 30.3 Å². The van der Waals surface area contributed by atoms with Crippen LogP contribution in [0.1, 0.15) is 6.92 Å². The Morgan fingerprint density at radius 1 is 1.40 bits per heavy atom. The van der Waals surface area contributed by atoms with Crippen LogP contribution in [0.4, 0.5) is 0 Å². The number of esters is 1. The number of hydrogen-bond donors (Lipinski definition) is 1. The van der Waals surface area contributed by atoms with E-state index in [1.165, 1.54) is 7.11 Å². The number of para-hydroxylation sites is 1. The molecule has 1 rings (SSSR count). The number of carbonyl (C=O) groups excluding carboxylic acids is 1. The minimum Gasteiger partial charge on any atom is -0.468 e. The average Bonchev–Trinajstić information content (AvgIpc) is 2.28. The Hall–Kier alpha value is -1.12. The molecule has 82 valence electrons. The van der Waals surface area contributed by atoms with Gasteiger partial charge >= 0.3 is 5.97 Å². The van der Waals surface area contributed by atoms with Crippen molar-refractivity contribution in [2.24, 2.45) is 0 Å². The Labute approximate surface area is 89.7 Å². The number of hydrogen-bond acceptors (Lipinski definition) is 4. The van der Waals surface area contributed by atoms with Crippen molar-refractivity contribution < 1.29 is 18.9 Å². The highest BCUT2D eigenvalue weighted by atomic mass is 31.2. The Bertz CT molecular complexity index is 314. The summed E-state index contributed by atoms with van der Waals surface area (Å²) < 4.78 is 9.73. The molecule has 5 heteroatoms. The Kier molecular flexibility index (Phi) is 4.53. The van der Waals surface area contributed by atoms with E-state index in [1.807, 2.05) is 6.07 Å². The molecule has 0 saturated heterocycles. The van der Waals surface area contributed by atoms with Gasteiger partial charge in [0.15, 0.2) is 0 Å². The zero-order chi connectivity index (χ0) is 11.3. The standard InChI is InChI=1S/C10H13O4P/c1-8(10(11)13-2)15(12)14-9-6-4-3-5-7-9/h3-8,12H,1-2H3. The van der Waals surface area contributed by atoms with Gasteiger partial charge in [0.05, 0.1) is 7.11 Å². The molecule has 1 N–H and O–H groups in total. The zero-order valence-electron chi connectivity index (χ0n) is 8.58. The number of rotatable bonds is 4. The minimum absolute atomic E-state index is 0.473. The number of ether oxygens (including phenoxy) is 1. The predicted octanol–water partition coefficient (Wildman–Crippen LogP) is 1.93. The zero-order valence-corrected chi connectivity index (χ0v) is 9.48. The summed E-state index contributed by atoms with van der Waals surface area (Å²) in [5, 5.41) is 0. The van der Waals surface area contributed by atoms with Crippen LogP contribution in [-0.2, 0) is 9.53 Å². The van der Waals surface area contributed by atoms with Crippen LogP contribution in [0.3, 0.4) is 0 Å². The summed E-state index contributed by atoms with van der Waals surface area (Å²) in [5.74, 6) is 0.0707. The highest BCUT2D eigenvalue weighted by molar-refractivity contribution is 7.48. The van der Waals surface area contributed by atoms with Crippen molar-refractivity contribution in [1.82, 2.24) is 0 Å². The molecule has 2 atom stereocenters. The van der Waals surface area contributed by atoms with Crippen LogP contribution < -0.4 is 4.52 Å². The van der Waals surface area contributed by atoms with Gasteiger partial charge in [0.2, 0.25) is 8.38 Å². The van der Waals surface area contributed by atoms with Crippen LogP contribution in [0.25, 0.3) is 0 Å². The molecule has 1 aromatic rings. The van der Waals surface area contributed by atoms with E-state index < -0.39 is 20.0 Å². The summed E-state index contributed by atoms with van der Waals surface area (Å²) in [6.45, 7) is 1.57. The molecule has 2 unspecified atom stereocenters. The summed E-state index contributed by atoms with van der Waals surface area (Å²) in [4.78, 5) is 20.7. The third-order valence-corrected chi connectivity index (χ3v) is 3.09. The van der Waals surface area contributed by atoms with Crippen molar-refractivity contribution in [3.8, 4) is 5.75 Å². The van der Waals surface area contributed by atoms with E-state index in [2.05, 4.69) is 4.74 Å². The fourth-order valence-corrected chi connectivity index (χ4v) is 1.71. The molecule has 0 heterocycles. The highest BCUT2D eigenvalue weighted by Gasteiger charge is 2.25. The third kappa shape index (κ3) is 3.50. The highest BCUT2D eigenvalue weighted by Crippen LogP contribution is 2.38. The van der Waals surface area contributed by atoms with E-state index in [9.17, 15) is 9.69 Å². The van der Waals surface area contributed by atoms with Crippen LogP contribution in [-0.4, -0.2) is 23.6 Å². The van der Waals surface area contributed by atoms with Gasteiger partial charge in [0.1, 0.15) is 11.4 Å². The second kappa shape index (κ2) is 5.69. The predicted molar refractivity (Wildman–Crippen MR) is 57.7 cm³/mol. The van der Waals surface area contributed by atoms with E-state index in [4.69, 9.17) is 4.52 Å². The lowest BCUT2D eigenvalue weighted by Gasteiger charge is -2.16. The summed E-state index contributed by atoms with van der Waals surface area (Å²) >= 11 is 0. The van der Waals surface area contributed by atoms with Gasteiger partial charge in [-0.2, -0.15) is 0 Å². The largest absolute Gasteiger partial charge is 0.468 e. The molecule has 0 spiro atoms. The summed E-state index contributed by atoms with van der Waals surface area (Å²) in [5.41, 5.74) is -0.648. The Morgan fingerprint density at radius 3 is 2.53 bits per heavy atom. The molecular weight excluding hydrogens is 215 g/mol. The number of carbonyl (C=O) groups is 1. The smallest absolute Gasteiger partial charge is 0.318 e. The topological polar surface area (TPSA) is 55.8 Å². The summed E-state index contributed by atoms with van der Waals surface area (Å²) in [7, 11) is -0.556. The van der Waals surface area contributed by atoms with Crippen molar-refractivity contribution in [1.29, 1.82) is 0 Å². The van der Waals surface area contributed by atoms with E-state index in [0.29, 0.717) is 5.75 Å². The van der Waals surface area contributed by atoms with Crippen molar-refractivity contribution >= 4 is 14.3 Å². The fourth-order valence-electron chi connectivity index (χ4n) is 0.929. The van der Waals surface area contributed by atoms with Gasteiger partial charge in [0.25, 0.3) is 0 Å². The monoisotopic (exact) mass is 228 g/mol. The van der Waals surface area contributed by atoms with Crippen LogP contribution in [0.2, 0.25) is 0 Å². The first kappa shape index (κ1) is 12.0. The lowest BCUT2D eigenvalue weighted by molar-refractivity contribution is -0.139. The molecule has 0 aliphatic heterocycles. The molecule has 4 nitrogen and oxygen atoms in total. The lowest BCUT2D eigenvalue weighted by Crippen LogP contribution is -2.18. The van der Waals surface area contributed by atoms with Crippen molar-refractivity contribution in [3.05, 3.63) is 30.3 Å². The molecular formula is C10H13O4P. The Balaban J connectivity index is 2.56. The van der Waals surface area contributed by atoms with E-state index in [0.717, 1.165) is 0 Å². The molecule has 0 fully saturated rings. The van der Waals surface area contributed by atoms with Gasteiger partial charge in [-0.05, 0) is 19.1 Å². The van der Waals surface area contributed by atoms with E-state index >= 15 is 0 Å². The second-order valence-corrected chi connectivity index (χ2v) is 4.47. The number of methoxy groups -OCH3 is 1. The maximum absolute atomic E-state index is 11.1. The lowest BCUT2D eigenvalue weighted by atomic mass is 10.3. The molecule has 0 saturated carbocycles. The van der Waals surface area contributed by atoms with Gasteiger partial charge < -0.3 is 14.2 Å². The summed E-state index contributed by atoms with van der Waals surface area (Å²) in [6.07, 6.45) is 0. The third-order valence-electron chi connectivity index (χ3n) is 1.82. The molecule has 0 bridgehead atoms. The van der Waals surface area contributed by atoms with Crippen LogP contribution in [0, 0.1) is 0 Å². The Morgan fingerprint density at radius 2 is 2.00 bits per heavy atom. The molecule has 0 aromatic heterocycles. The van der Waals surface area contributed by atoms with Gasteiger partial charge in [-0.1, -0.05) is 18.2 Å². The molecule has 0 aliphatic rings. The van der Waals surface area contributed by atoms with Crippen molar-refractivity contribution in [3.63, 3.8) is 0 Å². The first-order chi connectivity index (χ1) is 7.15. The second-order valence-electron chi connectivity index (χ2n) is 2.91.